The Labute approximate surface area is 152 Å². The molecule has 1 N–H and O–H groups in total. The van der Waals surface area contributed by atoms with Gasteiger partial charge in [0.15, 0.2) is 0 Å². The van der Waals surface area contributed by atoms with E-state index >= 15 is 0 Å². The van der Waals surface area contributed by atoms with Gasteiger partial charge in [0.2, 0.25) is 0 Å². The minimum absolute atomic E-state index is 0.410. The molecule has 25 heavy (non-hydrogen) atoms. The molecule has 0 aromatic heterocycles. The summed E-state index contributed by atoms with van der Waals surface area (Å²) in [6.07, 6.45) is 8.46. The number of rotatable bonds is 4. The lowest BCUT2D eigenvalue weighted by molar-refractivity contribution is 0.0677. The highest BCUT2D eigenvalue weighted by molar-refractivity contribution is 5.59. The summed E-state index contributed by atoms with van der Waals surface area (Å²) in [6, 6.07) is 19.8. The fourth-order valence-electron chi connectivity index (χ4n) is 5.44. The molecular weight excluding hydrogens is 302 g/mol. The molecule has 0 amide bonds. The summed E-state index contributed by atoms with van der Waals surface area (Å²) in [6.45, 7) is 4.89. The zero-order valence-electron chi connectivity index (χ0n) is 15.7. The summed E-state index contributed by atoms with van der Waals surface area (Å²) in [5.74, 6) is 2.81. The van der Waals surface area contributed by atoms with Crippen LogP contribution in [-0.2, 0) is 5.41 Å². The highest BCUT2D eigenvalue weighted by atomic mass is 14.9. The average molecular weight is 334 g/mol. The third kappa shape index (κ3) is 3.34. The van der Waals surface area contributed by atoms with Crippen molar-refractivity contribution in [3.8, 4) is 0 Å². The Hall–Kier alpha value is -1.76. The van der Waals surface area contributed by atoms with E-state index in [1.807, 2.05) is 0 Å². The third-order valence-electron chi connectivity index (χ3n) is 7.04. The van der Waals surface area contributed by atoms with Crippen LogP contribution in [0.25, 0.3) is 0 Å². The van der Waals surface area contributed by atoms with Gasteiger partial charge in [-0.15, -0.1) is 0 Å². The Bertz CT molecular complexity index is 690. The molecule has 1 nitrogen and oxygen atoms in total. The van der Waals surface area contributed by atoms with E-state index in [1.165, 1.54) is 44.2 Å². The molecule has 2 aromatic carbocycles. The van der Waals surface area contributed by atoms with Crippen molar-refractivity contribution >= 4 is 11.4 Å². The van der Waals surface area contributed by atoms with E-state index in [2.05, 4.69) is 73.8 Å². The minimum atomic E-state index is 0.410. The first-order valence-electron chi connectivity index (χ1n) is 10.1. The largest absolute Gasteiger partial charge is 0.356 e. The maximum absolute atomic E-state index is 3.51. The maximum Gasteiger partial charge on any atom is 0.0384 e. The fourth-order valence-corrected chi connectivity index (χ4v) is 5.44. The summed E-state index contributed by atoms with van der Waals surface area (Å²) in [7, 11) is 0. The van der Waals surface area contributed by atoms with Crippen LogP contribution in [0.1, 0.15) is 57.9 Å². The minimum Gasteiger partial charge on any atom is -0.356 e. The lowest BCUT2D eigenvalue weighted by Gasteiger charge is -2.50. The van der Waals surface area contributed by atoms with Crippen LogP contribution >= 0.6 is 0 Å². The van der Waals surface area contributed by atoms with Crippen molar-refractivity contribution in [3.63, 3.8) is 0 Å². The van der Waals surface area contributed by atoms with Gasteiger partial charge in [0, 0.05) is 11.4 Å². The molecule has 2 fully saturated rings. The average Bonchev–Trinajstić information content (AvgIpc) is 2.66. The van der Waals surface area contributed by atoms with Gasteiger partial charge in [-0.2, -0.15) is 0 Å². The molecule has 2 saturated carbocycles. The highest BCUT2D eigenvalue weighted by Gasteiger charge is 2.44. The lowest BCUT2D eigenvalue weighted by Crippen LogP contribution is -2.41. The lowest BCUT2D eigenvalue weighted by atomic mass is 9.55. The van der Waals surface area contributed by atoms with E-state index < -0.39 is 0 Å². The first-order valence-corrected chi connectivity index (χ1v) is 10.1. The smallest absolute Gasteiger partial charge is 0.0384 e. The quantitative estimate of drug-likeness (QED) is 0.640. The number of hydrogen-bond donors (Lipinski definition) is 1. The second-order valence-electron chi connectivity index (χ2n) is 8.53. The Kier molecular flexibility index (Phi) is 4.58. The Balaban J connectivity index is 1.55. The summed E-state index contributed by atoms with van der Waals surface area (Å²) >= 11 is 0. The summed E-state index contributed by atoms with van der Waals surface area (Å²) in [4.78, 5) is 0. The number of hydrogen-bond acceptors (Lipinski definition) is 1. The number of benzene rings is 2. The molecule has 132 valence electrons. The van der Waals surface area contributed by atoms with E-state index in [4.69, 9.17) is 0 Å². The first kappa shape index (κ1) is 16.7. The predicted molar refractivity (Wildman–Crippen MR) is 107 cm³/mol. The molecule has 2 aromatic rings. The van der Waals surface area contributed by atoms with Crippen molar-refractivity contribution in [1.82, 2.24) is 0 Å². The molecule has 0 radical (unpaired) electrons. The van der Waals surface area contributed by atoms with E-state index in [9.17, 15) is 0 Å². The van der Waals surface area contributed by atoms with Gasteiger partial charge in [-0.05, 0) is 78.7 Å². The van der Waals surface area contributed by atoms with Crippen LogP contribution in [0.4, 0.5) is 11.4 Å². The van der Waals surface area contributed by atoms with Crippen molar-refractivity contribution in [1.29, 1.82) is 0 Å². The van der Waals surface area contributed by atoms with Crippen molar-refractivity contribution in [2.45, 2.75) is 57.8 Å². The van der Waals surface area contributed by atoms with Gasteiger partial charge in [-0.25, -0.2) is 0 Å². The van der Waals surface area contributed by atoms with E-state index in [0.29, 0.717) is 5.41 Å². The van der Waals surface area contributed by atoms with Crippen LogP contribution in [0.2, 0.25) is 0 Å². The Morgan fingerprint density at radius 1 is 0.920 bits per heavy atom. The zero-order chi connectivity index (χ0) is 17.3. The summed E-state index contributed by atoms with van der Waals surface area (Å²) in [5.41, 5.74) is 4.32. The second kappa shape index (κ2) is 6.86. The van der Waals surface area contributed by atoms with E-state index in [1.54, 1.807) is 5.56 Å². The maximum atomic E-state index is 3.51. The molecule has 4 rings (SSSR count). The van der Waals surface area contributed by atoms with Crippen molar-refractivity contribution in [2.75, 3.05) is 5.32 Å². The summed E-state index contributed by atoms with van der Waals surface area (Å²) in [5, 5.41) is 3.51. The van der Waals surface area contributed by atoms with Gasteiger partial charge < -0.3 is 5.32 Å². The molecule has 0 heterocycles. The normalized spacial score (nSPS) is 31.5. The molecule has 2 bridgehead atoms. The third-order valence-corrected chi connectivity index (χ3v) is 7.04. The molecule has 0 spiro atoms. The molecule has 0 saturated heterocycles. The van der Waals surface area contributed by atoms with E-state index in [-0.39, 0.29) is 0 Å². The summed E-state index contributed by atoms with van der Waals surface area (Å²) < 4.78 is 0. The standard InChI is InChI=1S/C24H31N/c1-3-24(16-19-10-9-18(2)20(15-19)17-24)21-11-13-23(14-12-21)25-22-7-5-4-6-8-22/h4-8,11-14,18-20,25H,3,9-10,15-17H2,1-2H3. The Morgan fingerprint density at radius 3 is 2.36 bits per heavy atom. The van der Waals surface area contributed by atoms with Gasteiger partial charge in [-0.3, -0.25) is 0 Å². The Morgan fingerprint density at radius 2 is 1.64 bits per heavy atom. The van der Waals surface area contributed by atoms with Crippen LogP contribution in [0.3, 0.4) is 0 Å². The second-order valence-corrected chi connectivity index (χ2v) is 8.53. The van der Waals surface area contributed by atoms with Crippen molar-refractivity contribution in [2.24, 2.45) is 17.8 Å². The predicted octanol–water partition coefficient (Wildman–Crippen LogP) is 6.92. The monoisotopic (exact) mass is 333 g/mol. The molecule has 4 atom stereocenters. The highest BCUT2D eigenvalue weighted by Crippen LogP contribution is 2.53. The van der Waals surface area contributed by atoms with Gasteiger partial charge in [0.25, 0.3) is 0 Å². The van der Waals surface area contributed by atoms with Gasteiger partial charge in [0.05, 0.1) is 0 Å². The molecule has 1 heteroatoms. The van der Waals surface area contributed by atoms with Crippen molar-refractivity contribution < 1.29 is 0 Å². The van der Waals surface area contributed by atoms with Gasteiger partial charge >= 0.3 is 0 Å². The molecule has 2 aliphatic carbocycles. The fraction of sp³-hybridized carbons (Fsp3) is 0.500. The van der Waals surface area contributed by atoms with Crippen LogP contribution < -0.4 is 5.32 Å². The number of anilines is 2. The van der Waals surface area contributed by atoms with Crippen LogP contribution in [0.5, 0.6) is 0 Å². The molecular formula is C24H31N. The van der Waals surface area contributed by atoms with Crippen LogP contribution in [-0.4, -0.2) is 0 Å². The molecule has 4 unspecified atom stereocenters. The van der Waals surface area contributed by atoms with Crippen molar-refractivity contribution in [3.05, 3.63) is 60.2 Å². The topological polar surface area (TPSA) is 12.0 Å². The molecule has 0 aliphatic heterocycles. The number of fused-ring (bicyclic) bond motifs is 2. The van der Waals surface area contributed by atoms with Gasteiger partial charge in [0.1, 0.15) is 0 Å². The van der Waals surface area contributed by atoms with E-state index in [0.717, 1.165) is 23.4 Å². The number of nitrogens with one attached hydrogen (secondary N) is 1. The SMILES string of the molecule is CCC1(c2ccc(Nc3ccccc3)cc2)CC2CCC(C)C(C2)C1. The number of para-hydroxylation sites is 1. The van der Waals surface area contributed by atoms with Gasteiger partial charge in [-0.1, -0.05) is 57.0 Å². The van der Waals surface area contributed by atoms with Crippen LogP contribution in [0.15, 0.2) is 54.6 Å². The molecule has 2 aliphatic rings. The van der Waals surface area contributed by atoms with Crippen LogP contribution in [0, 0.1) is 17.8 Å². The first-order chi connectivity index (χ1) is 12.2. The zero-order valence-corrected chi connectivity index (χ0v) is 15.7.